The summed E-state index contributed by atoms with van der Waals surface area (Å²) in [6, 6.07) is 8.86. The van der Waals surface area contributed by atoms with E-state index >= 15 is 0 Å². The number of aliphatic imine (C=N–C) groups is 1. The van der Waals surface area contributed by atoms with Crippen molar-refractivity contribution < 1.29 is 5.11 Å². The summed E-state index contributed by atoms with van der Waals surface area (Å²) >= 11 is 0. The SMILES string of the molecule is OCC1CCC(N=C2Cc3ccccc3N2)CC1. The van der Waals surface area contributed by atoms with Crippen LogP contribution in [0.1, 0.15) is 31.2 Å². The van der Waals surface area contributed by atoms with Crippen molar-refractivity contribution in [2.24, 2.45) is 10.9 Å². The van der Waals surface area contributed by atoms with Gasteiger partial charge in [-0.25, -0.2) is 0 Å². The van der Waals surface area contributed by atoms with E-state index in [4.69, 9.17) is 10.1 Å². The van der Waals surface area contributed by atoms with Crippen molar-refractivity contribution in [1.82, 2.24) is 0 Å². The number of fused-ring (bicyclic) bond motifs is 1. The lowest BCUT2D eigenvalue weighted by molar-refractivity contribution is 0.183. The van der Waals surface area contributed by atoms with Gasteiger partial charge in [0, 0.05) is 18.7 Å². The summed E-state index contributed by atoms with van der Waals surface area (Å²) in [7, 11) is 0. The van der Waals surface area contributed by atoms with Gasteiger partial charge < -0.3 is 10.4 Å². The molecule has 1 aliphatic heterocycles. The Bertz CT molecular complexity index is 421. The Morgan fingerprint density at radius 1 is 1.17 bits per heavy atom. The molecule has 96 valence electrons. The van der Waals surface area contributed by atoms with Crippen LogP contribution in [-0.4, -0.2) is 23.6 Å². The molecule has 1 heterocycles. The minimum atomic E-state index is 0.340. The number of aliphatic hydroxyl groups excluding tert-OH is 1. The molecule has 0 saturated heterocycles. The van der Waals surface area contributed by atoms with Gasteiger partial charge in [-0.3, -0.25) is 4.99 Å². The molecular formula is C15H20N2O. The summed E-state index contributed by atoms with van der Waals surface area (Å²) in [5.74, 6) is 1.62. The lowest BCUT2D eigenvalue weighted by atomic mass is 9.87. The molecule has 0 spiro atoms. The fourth-order valence-electron chi connectivity index (χ4n) is 2.93. The van der Waals surface area contributed by atoms with Crippen molar-refractivity contribution in [1.29, 1.82) is 0 Å². The summed E-state index contributed by atoms with van der Waals surface area (Å²) in [5, 5.41) is 12.5. The quantitative estimate of drug-likeness (QED) is 0.840. The molecule has 1 aliphatic carbocycles. The third-order valence-corrected chi connectivity index (χ3v) is 4.07. The average Bonchev–Trinajstić information content (AvgIpc) is 2.82. The summed E-state index contributed by atoms with van der Waals surface area (Å²) in [4.78, 5) is 4.84. The average molecular weight is 244 g/mol. The molecule has 3 nitrogen and oxygen atoms in total. The Kier molecular flexibility index (Phi) is 3.33. The van der Waals surface area contributed by atoms with Crippen molar-refractivity contribution in [2.45, 2.75) is 38.1 Å². The second kappa shape index (κ2) is 5.11. The number of amidine groups is 1. The highest BCUT2D eigenvalue weighted by molar-refractivity contribution is 6.03. The van der Waals surface area contributed by atoms with Crippen LogP contribution < -0.4 is 5.32 Å². The second-order valence-electron chi connectivity index (χ2n) is 5.39. The molecule has 1 aromatic rings. The van der Waals surface area contributed by atoms with E-state index in [-0.39, 0.29) is 0 Å². The minimum absolute atomic E-state index is 0.340. The van der Waals surface area contributed by atoms with Gasteiger partial charge in [-0.2, -0.15) is 0 Å². The van der Waals surface area contributed by atoms with Crippen LogP contribution in [-0.2, 0) is 6.42 Å². The lowest BCUT2D eigenvalue weighted by Gasteiger charge is -2.25. The zero-order valence-electron chi connectivity index (χ0n) is 10.6. The molecule has 0 unspecified atom stereocenters. The van der Waals surface area contributed by atoms with E-state index in [1.54, 1.807) is 0 Å². The first kappa shape index (κ1) is 11.7. The van der Waals surface area contributed by atoms with Crippen LogP contribution in [0.15, 0.2) is 29.3 Å². The smallest absolute Gasteiger partial charge is 0.106 e. The number of nitrogens with zero attached hydrogens (tertiary/aromatic N) is 1. The van der Waals surface area contributed by atoms with Gasteiger partial charge in [0.2, 0.25) is 0 Å². The van der Waals surface area contributed by atoms with Gasteiger partial charge >= 0.3 is 0 Å². The molecule has 3 heteroatoms. The fourth-order valence-corrected chi connectivity index (χ4v) is 2.93. The number of para-hydroxylation sites is 1. The van der Waals surface area contributed by atoms with E-state index in [0.717, 1.165) is 37.9 Å². The van der Waals surface area contributed by atoms with Gasteiger partial charge in [-0.1, -0.05) is 18.2 Å². The Morgan fingerprint density at radius 2 is 1.94 bits per heavy atom. The maximum absolute atomic E-state index is 9.13. The fraction of sp³-hybridized carbons (Fsp3) is 0.533. The van der Waals surface area contributed by atoms with Crippen LogP contribution in [0.3, 0.4) is 0 Å². The van der Waals surface area contributed by atoms with Crippen LogP contribution in [0.5, 0.6) is 0 Å². The van der Waals surface area contributed by atoms with Crippen LogP contribution in [0.25, 0.3) is 0 Å². The molecule has 2 aliphatic rings. The van der Waals surface area contributed by atoms with Gasteiger partial charge in [0.1, 0.15) is 5.84 Å². The van der Waals surface area contributed by atoms with Gasteiger partial charge in [0.15, 0.2) is 0 Å². The predicted molar refractivity (Wildman–Crippen MR) is 74.0 cm³/mol. The minimum Gasteiger partial charge on any atom is -0.396 e. The lowest BCUT2D eigenvalue weighted by Crippen LogP contribution is -2.22. The number of nitrogens with one attached hydrogen (secondary N) is 1. The molecule has 0 bridgehead atoms. The topological polar surface area (TPSA) is 44.6 Å². The van der Waals surface area contributed by atoms with E-state index in [1.807, 2.05) is 0 Å². The first-order valence-electron chi connectivity index (χ1n) is 6.87. The standard InChI is InChI=1S/C15H20N2O/c18-10-11-5-7-13(8-6-11)16-15-9-12-3-1-2-4-14(12)17-15/h1-4,11,13,18H,5-10H2,(H,16,17). The van der Waals surface area contributed by atoms with Crippen molar-refractivity contribution >= 4 is 11.5 Å². The van der Waals surface area contributed by atoms with Crippen molar-refractivity contribution in [2.75, 3.05) is 11.9 Å². The predicted octanol–water partition coefficient (Wildman–Crippen LogP) is 2.60. The van der Waals surface area contributed by atoms with Gasteiger partial charge in [0.25, 0.3) is 0 Å². The summed E-state index contributed by atoms with van der Waals surface area (Å²) < 4.78 is 0. The molecule has 18 heavy (non-hydrogen) atoms. The molecule has 0 aromatic heterocycles. The number of rotatable bonds is 2. The highest BCUT2D eigenvalue weighted by Crippen LogP contribution is 2.28. The van der Waals surface area contributed by atoms with Gasteiger partial charge in [-0.15, -0.1) is 0 Å². The van der Waals surface area contributed by atoms with Crippen LogP contribution in [0.4, 0.5) is 5.69 Å². The summed E-state index contributed by atoms with van der Waals surface area (Å²) in [5.41, 5.74) is 2.56. The molecule has 0 amide bonds. The number of anilines is 1. The maximum Gasteiger partial charge on any atom is 0.106 e. The summed E-state index contributed by atoms with van der Waals surface area (Å²) in [6.45, 7) is 0.340. The Hall–Kier alpha value is -1.35. The van der Waals surface area contributed by atoms with Crippen molar-refractivity contribution in [3.05, 3.63) is 29.8 Å². The molecule has 0 atom stereocenters. The van der Waals surface area contributed by atoms with E-state index in [0.29, 0.717) is 18.6 Å². The number of benzene rings is 1. The van der Waals surface area contributed by atoms with E-state index in [9.17, 15) is 0 Å². The van der Waals surface area contributed by atoms with E-state index in [1.165, 1.54) is 11.3 Å². The molecule has 1 saturated carbocycles. The normalized spacial score (nSPS) is 29.1. The molecular weight excluding hydrogens is 224 g/mol. The zero-order valence-corrected chi connectivity index (χ0v) is 10.6. The molecule has 0 radical (unpaired) electrons. The maximum atomic E-state index is 9.13. The first-order chi connectivity index (χ1) is 8.85. The summed E-state index contributed by atoms with van der Waals surface area (Å²) in [6.07, 6.45) is 5.41. The van der Waals surface area contributed by atoms with E-state index in [2.05, 4.69) is 29.6 Å². The zero-order chi connectivity index (χ0) is 12.4. The first-order valence-corrected chi connectivity index (χ1v) is 6.87. The van der Waals surface area contributed by atoms with Gasteiger partial charge in [-0.05, 0) is 43.2 Å². The molecule has 3 rings (SSSR count). The number of hydrogen-bond acceptors (Lipinski definition) is 2. The third kappa shape index (κ3) is 2.41. The van der Waals surface area contributed by atoms with Crippen molar-refractivity contribution in [3.63, 3.8) is 0 Å². The number of hydrogen-bond donors (Lipinski definition) is 2. The van der Waals surface area contributed by atoms with Crippen LogP contribution in [0, 0.1) is 5.92 Å². The molecule has 2 N–H and O–H groups in total. The Labute approximate surface area is 108 Å². The largest absolute Gasteiger partial charge is 0.396 e. The molecule has 1 fully saturated rings. The highest BCUT2D eigenvalue weighted by Gasteiger charge is 2.22. The highest BCUT2D eigenvalue weighted by atomic mass is 16.3. The molecule has 1 aromatic carbocycles. The van der Waals surface area contributed by atoms with Crippen molar-refractivity contribution in [3.8, 4) is 0 Å². The third-order valence-electron chi connectivity index (χ3n) is 4.07. The number of aliphatic hydroxyl groups is 1. The van der Waals surface area contributed by atoms with Crippen LogP contribution in [0.2, 0.25) is 0 Å². The van der Waals surface area contributed by atoms with Gasteiger partial charge in [0.05, 0.1) is 6.04 Å². The van der Waals surface area contributed by atoms with Crippen LogP contribution >= 0.6 is 0 Å². The van der Waals surface area contributed by atoms with E-state index < -0.39 is 0 Å². The Balaban J connectivity index is 1.63. The monoisotopic (exact) mass is 244 g/mol. The second-order valence-corrected chi connectivity index (χ2v) is 5.39. The Morgan fingerprint density at radius 3 is 2.67 bits per heavy atom.